The molecule has 10 heteroatoms. The third-order valence-corrected chi connectivity index (χ3v) is 6.82. The van der Waals surface area contributed by atoms with E-state index in [-0.39, 0.29) is 27.2 Å². The molecule has 0 aliphatic heterocycles. The van der Waals surface area contributed by atoms with Crippen molar-refractivity contribution in [3.05, 3.63) is 62.9 Å². The second-order valence-electron chi connectivity index (χ2n) is 6.84. The van der Waals surface area contributed by atoms with E-state index in [0.717, 1.165) is 4.57 Å². The topological polar surface area (TPSA) is 120 Å². The van der Waals surface area contributed by atoms with E-state index in [1.807, 2.05) is 0 Å². The summed E-state index contributed by atoms with van der Waals surface area (Å²) in [7, 11) is -0.832. The number of nitrogens with zero attached hydrogens (tertiary/aromatic N) is 3. The smallest absolute Gasteiger partial charge is 0.321 e. The van der Waals surface area contributed by atoms with Crippen molar-refractivity contribution in [2.75, 3.05) is 5.32 Å². The molecular weight excluding hydrogens is 396 g/mol. The summed E-state index contributed by atoms with van der Waals surface area (Å²) in [5, 5.41) is 2.04. The first-order chi connectivity index (χ1) is 13.6. The Morgan fingerprint density at radius 3 is 2.41 bits per heavy atom. The summed E-state index contributed by atoms with van der Waals surface area (Å²) >= 11 is 0. The maximum atomic E-state index is 12.8. The molecule has 1 aromatic carbocycles. The van der Waals surface area contributed by atoms with E-state index in [1.54, 1.807) is 12.1 Å². The summed E-state index contributed by atoms with van der Waals surface area (Å²) in [6.07, 6.45) is 1.30. The zero-order chi connectivity index (χ0) is 21.5. The molecule has 0 bridgehead atoms. The van der Waals surface area contributed by atoms with Gasteiger partial charge in [0.25, 0.3) is 11.5 Å². The van der Waals surface area contributed by atoms with Crippen LogP contribution in [0.5, 0.6) is 0 Å². The quantitative estimate of drug-likeness (QED) is 0.679. The number of carbonyl (C=O) groups excluding carboxylic acids is 1. The van der Waals surface area contributed by atoms with Gasteiger partial charge < -0.3 is 5.32 Å². The van der Waals surface area contributed by atoms with Crippen molar-refractivity contribution in [2.45, 2.75) is 24.0 Å². The number of nitrogens with one attached hydrogen (secondary N) is 1. The van der Waals surface area contributed by atoms with Crippen LogP contribution in [0, 0.1) is 0 Å². The maximum Gasteiger partial charge on any atom is 0.332 e. The molecular formula is C19H20N4O5S. The van der Waals surface area contributed by atoms with Crippen LogP contribution in [0.25, 0.3) is 11.0 Å². The summed E-state index contributed by atoms with van der Waals surface area (Å²) in [6, 6.07) is 7.32. The number of hydrogen-bond donors (Lipinski definition) is 1. The minimum absolute atomic E-state index is 0.00494. The Balaban J connectivity index is 2.07. The number of anilines is 1. The number of aromatic nitrogens is 3. The van der Waals surface area contributed by atoms with Gasteiger partial charge in [-0.25, -0.2) is 18.2 Å². The predicted molar refractivity (Wildman–Crippen MR) is 109 cm³/mol. The van der Waals surface area contributed by atoms with Gasteiger partial charge in [-0.1, -0.05) is 12.1 Å². The zero-order valence-electron chi connectivity index (χ0n) is 16.3. The van der Waals surface area contributed by atoms with E-state index < -0.39 is 32.2 Å². The van der Waals surface area contributed by atoms with Crippen molar-refractivity contribution in [3.8, 4) is 0 Å². The molecule has 0 spiro atoms. The highest BCUT2D eigenvalue weighted by Gasteiger charge is 2.25. The van der Waals surface area contributed by atoms with Gasteiger partial charge in [-0.05, 0) is 32.0 Å². The van der Waals surface area contributed by atoms with Crippen molar-refractivity contribution in [1.82, 2.24) is 14.1 Å². The number of benzene rings is 1. The van der Waals surface area contributed by atoms with Crippen LogP contribution in [0.1, 0.15) is 24.2 Å². The fraction of sp³-hybridized carbons (Fsp3) is 0.263. The van der Waals surface area contributed by atoms with Crippen LogP contribution < -0.4 is 16.6 Å². The summed E-state index contributed by atoms with van der Waals surface area (Å²) in [4.78, 5) is 41.2. The maximum absolute atomic E-state index is 12.8. The van der Waals surface area contributed by atoms with E-state index in [4.69, 9.17) is 0 Å². The molecule has 29 heavy (non-hydrogen) atoms. The molecule has 0 atom stereocenters. The lowest BCUT2D eigenvalue weighted by Crippen LogP contribution is -2.37. The Hall–Kier alpha value is -3.27. The Morgan fingerprint density at radius 2 is 1.76 bits per heavy atom. The zero-order valence-corrected chi connectivity index (χ0v) is 17.1. The summed E-state index contributed by atoms with van der Waals surface area (Å²) < 4.78 is 27.3. The van der Waals surface area contributed by atoms with Crippen molar-refractivity contribution in [3.63, 3.8) is 0 Å². The fourth-order valence-corrected chi connectivity index (χ4v) is 4.13. The Kier molecular flexibility index (Phi) is 5.14. The van der Waals surface area contributed by atoms with Crippen LogP contribution in [0.2, 0.25) is 0 Å². The SMILES string of the molecule is CC(C)S(=O)(=O)c1ccccc1C(=O)Nc1cnc2c(c1)c(=O)n(C)c(=O)n2C. The number of pyridine rings is 1. The van der Waals surface area contributed by atoms with E-state index in [9.17, 15) is 22.8 Å². The van der Waals surface area contributed by atoms with Gasteiger partial charge in [0.1, 0.15) is 5.65 Å². The minimum Gasteiger partial charge on any atom is -0.321 e. The number of amides is 1. The molecule has 3 aromatic rings. The van der Waals surface area contributed by atoms with Crippen LogP contribution in [0.3, 0.4) is 0 Å². The van der Waals surface area contributed by atoms with Crippen LogP contribution >= 0.6 is 0 Å². The first-order valence-corrected chi connectivity index (χ1v) is 10.3. The molecule has 0 unspecified atom stereocenters. The first-order valence-electron chi connectivity index (χ1n) is 8.75. The molecule has 2 heterocycles. The van der Waals surface area contributed by atoms with Gasteiger partial charge in [-0.3, -0.25) is 18.7 Å². The van der Waals surface area contributed by atoms with Gasteiger partial charge in [-0.2, -0.15) is 0 Å². The molecule has 3 rings (SSSR count). The normalized spacial score (nSPS) is 11.8. The van der Waals surface area contributed by atoms with Crippen molar-refractivity contribution < 1.29 is 13.2 Å². The molecule has 2 aromatic heterocycles. The summed E-state index contributed by atoms with van der Waals surface area (Å²) in [5.41, 5.74) is -0.683. The van der Waals surface area contributed by atoms with Gasteiger partial charge in [0.2, 0.25) is 0 Å². The van der Waals surface area contributed by atoms with Gasteiger partial charge in [-0.15, -0.1) is 0 Å². The Labute approximate surface area is 166 Å². The number of sulfone groups is 1. The number of fused-ring (bicyclic) bond motifs is 1. The highest BCUT2D eigenvalue weighted by Crippen LogP contribution is 2.22. The number of hydrogen-bond acceptors (Lipinski definition) is 6. The monoisotopic (exact) mass is 416 g/mol. The second kappa shape index (κ2) is 7.28. The highest BCUT2D eigenvalue weighted by molar-refractivity contribution is 7.92. The lowest BCUT2D eigenvalue weighted by Gasteiger charge is -2.13. The van der Waals surface area contributed by atoms with E-state index in [1.165, 1.54) is 56.9 Å². The predicted octanol–water partition coefficient (Wildman–Crippen LogP) is 1.07. The van der Waals surface area contributed by atoms with E-state index in [0.29, 0.717) is 0 Å². The van der Waals surface area contributed by atoms with Crippen molar-refractivity contribution in [1.29, 1.82) is 0 Å². The van der Waals surface area contributed by atoms with Gasteiger partial charge in [0.15, 0.2) is 9.84 Å². The molecule has 0 aliphatic rings. The molecule has 0 saturated carbocycles. The minimum atomic E-state index is -3.67. The van der Waals surface area contributed by atoms with Crippen molar-refractivity contribution in [2.24, 2.45) is 14.1 Å². The summed E-state index contributed by atoms with van der Waals surface area (Å²) in [6.45, 7) is 3.08. The number of aryl methyl sites for hydroxylation is 1. The lowest BCUT2D eigenvalue weighted by atomic mass is 10.2. The van der Waals surface area contributed by atoms with Crippen molar-refractivity contribution >= 4 is 32.5 Å². The standard InChI is InChI=1S/C19H20N4O5S/c1-11(2)29(27,28)15-8-6-5-7-13(15)17(24)21-12-9-14-16(20-10-12)22(3)19(26)23(4)18(14)25/h5-11H,1-4H3,(H,21,24). The third-order valence-electron chi connectivity index (χ3n) is 4.61. The molecule has 9 nitrogen and oxygen atoms in total. The largest absolute Gasteiger partial charge is 0.332 e. The lowest BCUT2D eigenvalue weighted by molar-refractivity contribution is 0.102. The summed E-state index contributed by atoms with van der Waals surface area (Å²) in [5.74, 6) is -0.646. The molecule has 0 radical (unpaired) electrons. The van der Waals surface area contributed by atoms with Crippen LogP contribution in [-0.2, 0) is 23.9 Å². The number of rotatable bonds is 4. The molecule has 0 saturated heterocycles. The molecule has 1 amide bonds. The molecule has 0 aliphatic carbocycles. The van der Waals surface area contributed by atoms with E-state index in [2.05, 4.69) is 10.3 Å². The van der Waals surface area contributed by atoms with Gasteiger partial charge >= 0.3 is 5.69 Å². The Morgan fingerprint density at radius 1 is 1.10 bits per heavy atom. The average Bonchev–Trinajstić information content (AvgIpc) is 2.70. The fourth-order valence-electron chi connectivity index (χ4n) is 2.89. The molecule has 1 N–H and O–H groups in total. The second-order valence-corrected chi connectivity index (χ2v) is 9.32. The van der Waals surface area contributed by atoms with Gasteiger partial charge in [0.05, 0.1) is 33.0 Å². The molecule has 152 valence electrons. The average molecular weight is 416 g/mol. The van der Waals surface area contributed by atoms with Gasteiger partial charge in [0, 0.05) is 14.1 Å². The Bertz CT molecular complexity index is 1350. The van der Waals surface area contributed by atoms with Crippen LogP contribution in [0.4, 0.5) is 5.69 Å². The molecule has 0 fully saturated rings. The van der Waals surface area contributed by atoms with Crippen LogP contribution in [-0.4, -0.2) is 33.7 Å². The first kappa shape index (κ1) is 20.5. The van der Waals surface area contributed by atoms with Crippen LogP contribution in [0.15, 0.2) is 51.0 Å². The third kappa shape index (κ3) is 3.46. The highest BCUT2D eigenvalue weighted by atomic mass is 32.2. The number of carbonyl (C=O) groups is 1. The van der Waals surface area contributed by atoms with E-state index >= 15 is 0 Å².